The van der Waals surface area contributed by atoms with Gasteiger partial charge in [-0.2, -0.15) is 0 Å². The molecule has 10 nitrogen and oxygen atoms in total. The van der Waals surface area contributed by atoms with Gasteiger partial charge in [0, 0.05) is 12.8 Å². The van der Waals surface area contributed by atoms with Crippen LogP contribution in [-0.4, -0.2) is 65.7 Å². The number of esters is 2. The predicted octanol–water partition coefficient (Wildman–Crippen LogP) is 10.1. The number of allylic oxidation sites excluding steroid dienone is 12. The Hall–Kier alpha value is -2.59. The van der Waals surface area contributed by atoms with Crippen LogP contribution in [0.4, 0.5) is 0 Å². The van der Waals surface area contributed by atoms with Gasteiger partial charge in [-0.05, 0) is 77.0 Å². The molecule has 0 spiro atoms. The molecule has 0 aromatic heterocycles. The number of carbonyl (C=O) groups is 2. The van der Waals surface area contributed by atoms with Crippen LogP contribution in [0.25, 0.3) is 0 Å². The molecule has 0 amide bonds. The Morgan fingerprint density at radius 1 is 0.566 bits per heavy atom. The van der Waals surface area contributed by atoms with Crippen LogP contribution in [0.3, 0.4) is 0 Å². The van der Waals surface area contributed by atoms with Crippen molar-refractivity contribution in [1.82, 2.24) is 0 Å². The number of aliphatic hydroxyl groups is 2. The van der Waals surface area contributed by atoms with E-state index in [2.05, 4.69) is 91.3 Å². The lowest BCUT2D eigenvalue weighted by molar-refractivity contribution is -0.161. The van der Waals surface area contributed by atoms with Gasteiger partial charge in [0.1, 0.15) is 12.7 Å². The van der Waals surface area contributed by atoms with E-state index in [1.54, 1.807) is 0 Å². The van der Waals surface area contributed by atoms with Crippen molar-refractivity contribution < 1.29 is 47.8 Å². The third-order valence-electron chi connectivity index (χ3n) is 7.86. The molecule has 0 saturated heterocycles. The van der Waals surface area contributed by atoms with Crippen molar-refractivity contribution in [3.05, 3.63) is 72.9 Å². The third-order valence-corrected chi connectivity index (χ3v) is 8.81. The zero-order valence-electron chi connectivity index (χ0n) is 32.7. The maximum absolute atomic E-state index is 12.6. The summed E-state index contributed by atoms with van der Waals surface area (Å²) in [4.78, 5) is 34.9. The molecule has 0 bridgehead atoms. The van der Waals surface area contributed by atoms with E-state index in [4.69, 9.17) is 19.1 Å². The second-order valence-corrected chi connectivity index (χ2v) is 14.3. The molecule has 0 fully saturated rings. The molecule has 0 aliphatic rings. The van der Waals surface area contributed by atoms with Gasteiger partial charge in [-0.25, -0.2) is 4.57 Å². The van der Waals surface area contributed by atoms with Crippen LogP contribution in [0, 0.1) is 0 Å². The summed E-state index contributed by atoms with van der Waals surface area (Å²) in [7, 11) is -4.63. The second kappa shape index (κ2) is 37.7. The summed E-state index contributed by atoms with van der Waals surface area (Å²) in [6, 6.07) is 0. The minimum Gasteiger partial charge on any atom is -0.462 e. The summed E-state index contributed by atoms with van der Waals surface area (Å²) >= 11 is 0. The number of rotatable bonds is 36. The van der Waals surface area contributed by atoms with Gasteiger partial charge in [-0.15, -0.1) is 0 Å². The van der Waals surface area contributed by atoms with Crippen molar-refractivity contribution >= 4 is 19.8 Å². The van der Waals surface area contributed by atoms with Gasteiger partial charge in [-0.1, -0.05) is 125 Å². The van der Waals surface area contributed by atoms with Crippen LogP contribution in [0.2, 0.25) is 0 Å². The van der Waals surface area contributed by atoms with Crippen molar-refractivity contribution in [3.8, 4) is 0 Å². The fourth-order valence-electron chi connectivity index (χ4n) is 4.84. The molecular formula is C42H71O10P. The van der Waals surface area contributed by atoms with Gasteiger partial charge in [0.2, 0.25) is 0 Å². The number of ether oxygens (including phenoxy) is 2. The zero-order valence-corrected chi connectivity index (χ0v) is 33.6. The SMILES string of the molecule is CC/C=C\C/C=C\C/C=C\CCCCCCCC(=O)OC[C@H](COP(=O)(O)OC[C@@H](O)CO)OC(=O)CCCCCCC/C=C\C/C=C\C/C=C\CC. The second-order valence-electron chi connectivity index (χ2n) is 12.9. The van der Waals surface area contributed by atoms with Crippen LogP contribution in [-0.2, 0) is 32.7 Å². The maximum atomic E-state index is 12.6. The van der Waals surface area contributed by atoms with E-state index in [9.17, 15) is 24.2 Å². The summed E-state index contributed by atoms with van der Waals surface area (Å²) in [5, 5.41) is 18.3. The summed E-state index contributed by atoms with van der Waals surface area (Å²) in [6.07, 6.45) is 41.5. The predicted molar refractivity (Wildman–Crippen MR) is 214 cm³/mol. The number of phosphoric acid groups is 1. The van der Waals surface area contributed by atoms with E-state index < -0.39 is 51.8 Å². The minimum absolute atomic E-state index is 0.157. The van der Waals surface area contributed by atoms with Gasteiger partial charge >= 0.3 is 19.8 Å². The molecule has 1 unspecified atom stereocenters. The lowest BCUT2D eigenvalue weighted by atomic mass is 10.1. The van der Waals surface area contributed by atoms with E-state index in [0.29, 0.717) is 12.8 Å². The van der Waals surface area contributed by atoms with Gasteiger partial charge in [0.05, 0.1) is 19.8 Å². The molecule has 304 valence electrons. The van der Waals surface area contributed by atoms with Gasteiger partial charge in [0.25, 0.3) is 0 Å². The molecule has 0 aliphatic carbocycles. The van der Waals surface area contributed by atoms with E-state index in [0.717, 1.165) is 103 Å². The first-order chi connectivity index (χ1) is 25.7. The van der Waals surface area contributed by atoms with Crippen molar-refractivity contribution in [2.24, 2.45) is 0 Å². The van der Waals surface area contributed by atoms with Crippen LogP contribution in [0.5, 0.6) is 0 Å². The molecule has 0 aromatic rings. The zero-order chi connectivity index (χ0) is 39.1. The first-order valence-corrected chi connectivity index (χ1v) is 21.4. The minimum atomic E-state index is -4.63. The first-order valence-electron chi connectivity index (χ1n) is 19.9. The quantitative estimate of drug-likeness (QED) is 0.0243. The van der Waals surface area contributed by atoms with Crippen molar-refractivity contribution in [2.45, 2.75) is 154 Å². The number of unbranched alkanes of at least 4 members (excludes halogenated alkanes) is 10. The highest BCUT2D eigenvalue weighted by atomic mass is 31.2. The largest absolute Gasteiger partial charge is 0.472 e. The third kappa shape index (κ3) is 37.5. The lowest BCUT2D eigenvalue weighted by Gasteiger charge is -2.20. The molecule has 0 rings (SSSR count). The Bertz CT molecular complexity index is 1110. The van der Waals surface area contributed by atoms with E-state index in [1.165, 1.54) is 0 Å². The van der Waals surface area contributed by atoms with Crippen LogP contribution >= 0.6 is 7.82 Å². The molecule has 0 radical (unpaired) electrons. The van der Waals surface area contributed by atoms with Gasteiger partial charge in [-0.3, -0.25) is 18.6 Å². The Morgan fingerprint density at radius 3 is 1.47 bits per heavy atom. The molecule has 0 heterocycles. The fraction of sp³-hybridized carbons (Fsp3) is 0.667. The summed E-state index contributed by atoms with van der Waals surface area (Å²) in [5.41, 5.74) is 0. The van der Waals surface area contributed by atoms with Crippen LogP contribution < -0.4 is 0 Å². The Kier molecular flexibility index (Phi) is 35.9. The number of aliphatic hydroxyl groups excluding tert-OH is 2. The molecule has 53 heavy (non-hydrogen) atoms. The average Bonchev–Trinajstić information content (AvgIpc) is 3.14. The van der Waals surface area contributed by atoms with E-state index in [-0.39, 0.29) is 19.4 Å². The number of hydrogen-bond donors (Lipinski definition) is 3. The molecule has 0 aliphatic heterocycles. The fourth-order valence-corrected chi connectivity index (χ4v) is 5.63. The van der Waals surface area contributed by atoms with E-state index in [1.807, 2.05) is 0 Å². The highest BCUT2D eigenvalue weighted by molar-refractivity contribution is 7.47. The average molecular weight is 767 g/mol. The lowest BCUT2D eigenvalue weighted by Crippen LogP contribution is -2.29. The highest BCUT2D eigenvalue weighted by Gasteiger charge is 2.27. The van der Waals surface area contributed by atoms with Crippen LogP contribution in [0.15, 0.2) is 72.9 Å². The monoisotopic (exact) mass is 766 g/mol. The topological polar surface area (TPSA) is 149 Å². The summed E-state index contributed by atoms with van der Waals surface area (Å²) in [6.45, 7) is 2.09. The highest BCUT2D eigenvalue weighted by Crippen LogP contribution is 2.43. The molecule has 3 N–H and O–H groups in total. The summed E-state index contributed by atoms with van der Waals surface area (Å²) in [5.74, 6) is -0.973. The number of carbonyl (C=O) groups excluding carboxylic acids is 2. The van der Waals surface area contributed by atoms with Gasteiger partial charge in [0.15, 0.2) is 6.10 Å². The van der Waals surface area contributed by atoms with Crippen molar-refractivity contribution in [2.75, 3.05) is 26.4 Å². The Labute approximate surface area is 320 Å². The molecule has 0 saturated carbocycles. The van der Waals surface area contributed by atoms with Crippen molar-refractivity contribution in [3.63, 3.8) is 0 Å². The molecule has 0 aromatic carbocycles. The summed E-state index contributed by atoms with van der Waals surface area (Å²) < 4.78 is 32.6. The maximum Gasteiger partial charge on any atom is 0.472 e. The number of phosphoric ester groups is 1. The Balaban J connectivity index is 4.42. The number of hydrogen-bond acceptors (Lipinski definition) is 9. The molecular weight excluding hydrogens is 695 g/mol. The van der Waals surface area contributed by atoms with Crippen molar-refractivity contribution in [1.29, 1.82) is 0 Å². The Morgan fingerprint density at radius 2 is 0.981 bits per heavy atom. The molecule has 11 heteroatoms. The normalized spacial score (nSPS) is 14.7. The first kappa shape index (κ1) is 50.4. The van der Waals surface area contributed by atoms with Crippen LogP contribution in [0.1, 0.15) is 142 Å². The smallest absolute Gasteiger partial charge is 0.462 e. The standard InChI is InChI=1S/C42H71O10P/c1-3-5-7-9-11-13-15-17-19-21-23-25-27-29-31-33-41(45)49-37-40(38-51-53(47,48)50-36-39(44)35-43)52-42(46)34-32-30-28-26-24-22-20-18-16-14-12-10-8-6-4-2/h5-8,11-14,17-20,39-40,43-44H,3-4,9-10,15-16,21-38H2,1-2H3,(H,47,48)/b7-5-,8-6-,13-11-,14-12-,19-17-,20-18-/t39-,40+/m0/s1. The van der Waals surface area contributed by atoms with E-state index >= 15 is 0 Å². The molecule has 3 atom stereocenters. The van der Waals surface area contributed by atoms with Gasteiger partial charge < -0.3 is 24.6 Å².